The van der Waals surface area contributed by atoms with Crippen molar-refractivity contribution in [2.45, 2.75) is 13.3 Å². The first-order chi connectivity index (χ1) is 7.99. The van der Waals surface area contributed by atoms with Crippen LogP contribution < -0.4 is 5.32 Å². The standard InChI is InChI=1S/C12H15NO4/c1-8(12(16)17)7-13-11(15)6-9-3-2-4-10(14)5-9/h2-5,8,14H,6-7H2,1H3,(H,13,15)(H,16,17). The first-order valence-corrected chi connectivity index (χ1v) is 5.26. The molecule has 5 nitrogen and oxygen atoms in total. The van der Waals surface area contributed by atoms with Crippen molar-refractivity contribution in [3.8, 4) is 5.75 Å². The van der Waals surface area contributed by atoms with E-state index >= 15 is 0 Å². The van der Waals surface area contributed by atoms with Crippen molar-refractivity contribution >= 4 is 11.9 Å². The molecule has 1 aromatic carbocycles. The SMILES string of the molecule is CC(CNC(=O)Cc1cccc(O)c1)C(=O)O. The molecule has 0 bridgehead atoms. The molecule has 0 aliphatic rings. The Hall–Kier alpha value is -2.04. The molecule has 0 aliphatic carbocycles. The van der Waals surface area contributed by atoms with Crippen molar-refractivity contribution in [3.05, 3.63) is 29.8 Å². The van der Waals surface area contributed by atoms with Crippen molar-refractivity contribution in [2.24, 2.45) is 5.92 Å². The Morgan fingerprint density at radius 2 is 2.12 bits per heavy atom. The molecule has 5 heteroatoms. The second kappa shape index (κ2) is 5.89. The summed E-state index contributed by atoms with van der Waals surface area (Å²) < 4.78 is 0. The smallest absolute Gasteiger partial charge is 0.308 e. The highest BCUT2D eigenvalue weighted by atomic mass is 16.4. The van der Waals surface area contributed by atoms with E-state index in [0.717, 1.165) is 0 Å². The summed E-state index contributed by atoms with van der Waals surface area (Å²) in [4.78, 5) is 22.0. The molecule has 0 spiro atoms. The average molecular weight is 237 g/mol. The summed E-state index contributed by atoms with van der Waals surface area (Å²) in [6, 6.07) is 6.39. The van der Waals surface area contributed by atoms with Crippen LogP contribution in [-0.2, 0) is 16.0 Å². The van der Waals surface area contributed by atoms with Gasteiger partial charge in [0.15, 0.2) is 0 Å². The highest BCUT2D eigenvalue weighted by Gasteiger charge is 2.12. The molecule has 92 valence electrons. The van der Waals surface area contributed by atoms with Gasteiger partial charge >= 0.3 is 5.97 Å². The maximum atomic E-state index is 11.5. The number of hydrogen-bond donors (Lipinski definition) is 3. The van der Waals surface area contributed by atoms with Gasteiger partial charge in [0.1, 0.15) is 5.75 Å². The molecular weight excluding hydrogens is 222 g/mol. The van der Waals surface area contributed by atoms with Crippen LogP contribution in [-0.4, -0.2) is 28.6 Å². The molecule has 1 amide bonds. The average Bonchev–Trinajstić information content (AvgIpc) is 2.25. The molecule has 1 atom stereocenters. The number of hydrogen-bond acceptors (Lipinski definition) is 3. The van der Waals surface area contributed by atoms with Gasteiger partial charge in [-0.1, -0.05) is 19.1 Å². The molecule has 0 fully saturated rings. The summed E-state index contributed by atoms with van der Waals surface area (Å²) in [6.45, 7) is 1.63. The zero-order valence-corrected chi connectivity index (χ0v) is 9.51. The number of amides is 1. The van der Waals surface area contributed by atoms with E-state index in [-0.39, 0.29) is 24.6 Å². The molecule has 0 aromatic heterocycles. The zero-order valence-electron chi connectivity index (χ0n) is 9.51. The monoisotopic (exact) mass is 237 g/mol. The number of carboxylic acid groups (broad SMARTS) is 1. The number of carbonyl (C=O) groups is 2. The van der Waals surface area contributed by atoms with E-state index in [9.17, 15) is 14.7 Å². The van der Waals surface area contributed by atoms with Gasteiger partial charge in [0.2, 0.25) is 5.91 Å². The van der Waals surface area contributed by atoms with Crippen LogP contribution in [0.5, 0.6) is 5.75 Å². The third-order valence-electron chi connectivity index (χ3n) is 2.30. The number of benzene rings is 1. The van der Waals surface area contributed by atoms with Crippen LogP contribution in [0.3, 0.4) is 0 Å². The van der Waals surface area contributed by atoms with Crippen LogP contribution >= 0.6 is 0 Å². The number of rotatable bonds is 5. The van der Waals surface area contributed by atoms with Gasteiger partial charge in [-0.2, -0.15) is 0 Å². The van der Waals surface area contributed by atoms with Crippen molar-refractivity contribution in [1.82, 2.24) is 5.32 Å². The summed E-state index contributed by atoms with van der Waals surface area (Å²) in [7, 11) is 0. The predicted octanol–water partition coefficient (Wildman–Crippen LogP) is 0.772. The Morgan fingerprint density at radius 3 is 2.71 bits per heavy atom. The second-order valence-electron chi connectivity index (χ2n) is 3.89. The Kier molecular flexibility index (Phi) is 4.51. The lowest BCUT2D eigenvalue weighted by molar-refractivity contribution is -0.141. The van der Waals surface area contributed by atoms with Crippen LogP contribution in [0.25, 0.3) is 0 Å². The van der Waals surface area contributed by atoms with E-state index in [1.807, 2.05) is 0 Å². The molecule has 1 rings (SSSR count). The predicted molar refractivity (Wildman–Crippen MR) is 61.6 cm³/mol. The molecular formula is C12H15NO4. The highest BCUT2D eigenvalue weighted by Crippen LogP contribution is 2.11. The number of phenols is 1. The fraction of sp³-hybridized carbons (Fsp3) is 0.333. The zero-order chi connectivity index (χ0) is 12.8. The molecule has 0 aliphatic heterocycles. The fourth-order valence-corrected chi connectivity index (χ4v) is 1.27. The molecule has 0 heterocycles. The van der Waals surface area contributed by atoms with E-state index < -0.39 is 11.9 Å². The molecule has 3 N–H and O–H groups in total. The largest absolute Gasteiger partial charge is 0.508 e. The van der Waals surface area contributed by atoms with Crippen LogP contribution in [0, 0.1) is 5.92 Å². The number of aliphatic carboxylic acids is 1. The first-order valence-electron chi connectivity index (χ1n) is 5.26. The van der Waals surface area contributed by atoms with Gasteiger partial charge in [-0.05, 0) is 17.7 Å². The van der Waals surface area contributed by atoms with Crippen molar-refractivity contribution in [1.29, 1.82) is 0 Å². The van der Waals surface area contributed by atoms with Gasteiger partial charge in [0, 0.05) is 6.54 Å². The van der Waals surface area contributed by atoms with E-state index in [1.54, 1.807) is 12.1 Å². The molecule has 0 radical (unpaired) electrons. The summed E-state index contributed by atoms with van der Waals surface area (Å²) in [5.74, 6) is -1.70. The van der Waals surface area contributed by atoms with Crippen LogP contribution in [0.15, 0.2) is 24.3 Å². The number of phenolic OH excluding ortho intramolecular Hbond substituents is 1. The minimum atomic E-state index is -0.942. The quantitative estimate of drug-likeness (QED) is 0.706. The molecule has 17 heavy (non-hydrogen) atoms. The van der Waals surface area contributed by atoms with Crippen LogP contribution in [0.4, 0.5) is 0 Å². The summed E-state index contributed by atoms with van der Waals surface area (Å²) in [5.41, 5.74) is 0.686. The van der Waals surface area contributed by atoms with Crippen LogP contribution in [0.1, 0.15) is 12.5 Å². The van der Waals surface area contributed by atoms with Crippen molar-refractivity contribution in [3.63, 3.8) is 0 Å². The molecule has 1 aromatic rings. The van der Waals surface area contributed by atoms with Gasteiger partial charge in [-0.15, -0.1) is 0 Å². The Balaban J connectivity index is 2.42. The second-order valence-corrected chi connectivity index (χ2v) is 3.89. The fourth-order valence-electron chi connectivity index (χ4n) is 1.27. The number of carboxylic acids is 1. The van der Waals surface area contributed by atoms with E-state index in [1.165, 1.54) is 19.1 Å². The van der Waals surface area contributed by atoms with Crippen molar-refractivity contribution in [2.75, 3.05) is 6.54 Å². The molecule has 1 unspecified atom stereocenters. The lowest BCUT2D eigenvalue weighted by Crippen LogP contribution is -2.32. The Morgan fingerprint density at radius 1 is 1.41 bits per heavy atom. The van der Waals surface area contributed by atoms with E-state index in [2.05, 4.69) is 5.32 Å². The summed E-state index contributed by atoms with van der Waals surface area (Å²) >= 11 is 0. The Bertz CT molecular complexity index is 417. The maximum Gasteiger partial charge on any atom is 0.308 e. The van der Waals surface area contributed by atoms with Gasteiger partial charge in [0.05, 0.1) is 12.3 Å². The lowest BCUT2D eigenvalue weighted by Gasteiger charge is -2.08. The summed E-state index contributed by atoms with van der Waals surface area (Å²) in [6.07, 6.45) is 0.126. The lowest BCUT2D eigenvalue weighted by atomic mass is 10.1. The third-order valence-corrected chi connectivity index (χ3v) is 2.30. The normalized spacial score (nSPS) is 11.8. The highest BCUT2D eigenvalue weighted by molar-refractivity contribution is 5.79. The van der Waals surface area contributed by atoms with E-state index in [4.69, 9.17) is 5.11 Å². The number of nitrogens with one attached hydrogen (secondary N) is 1. The molecule has 0 saturated carbocycles. The third kappa shape index (κ3) is 4.55. The van der Waals surface area contributed by atoms with E-state index in [0.29, 0.717) is 5.56 Å². The Labute approximate surface area is 99.1 Å². The van der Waals surface area contributed by atoms with Gasteiger partial charge in [0.25, 0.3) is 0 Å². The minimum absolute atomic E-state index is 0.104. The number of aromatic hydroxyl groups is 1. The van der Waals surface area contributed by atoms with Gasteiger partial charge < -0.3 is 15.5 Å². The topological polar surface area (TPSA) is 86.6 Å². The van der Waals surface area contributed by atoms with Crippen molar-refractivity contribution < 1.29 is 19.8 Å². The number of carbonyl (C=O) groups excluding carboxylic acids is 1. The minimum Gasteiger partial charge on any atom is -0.508 e. The maximum absolute atomic E-state index is 11.5. The van der Waals surface area contributed by atoms with Gasteiger partial charge in [-0.25, -0.2) is 0 Å². The molecule has 0 saturated heterocycles. The summed E-state index contributed by atoms with van der Waals surface area (Å²) in [5, 5.41) is 20.4. The first kappa shape index (κ1) is 13.0. The van der Waals surface area contributed by atoms with Gasteiger partial charge in [-0.3, -0.25) is 9.59 Å². The van der Waals surface area contributed by atoms with Crippen LogP contribution in [0.2, 0.25) is 0 Å².